The largest absolute Gasteiger partial charge is 0.707 e. The second-order valence-corrected chi connectivity index (χ2v) is 4.35. The van der Waals surface area contributed by atoms with E-state index in [1.54, 1.807) is 0 Å². The van der Waals surface area contributed by atoms with Crippen molar-refractivity contribution in [1.82, 2.24) is 0 Å². The molecule has 10 heteroatoms. The highest BCUT2D eigenvalue weighted by Crippen LogP contribution is 1.91. The molecule has 0 saturated carbocycles. The molecular formula is O8S2-2. The Bertz CT molecular complexity index is 277. The van der Waals surface area contributed by atoms with E-state index in [4.69, 9.17) is 5.26 Å². The van der Waals surface area contributed by atoms with Crippen molar-refractivity contribution in [2.75, 3.05) is 0 Å². The predicted octanol–water partition coefficient (Wildman–Crippen LogP) is -3.59. The highest BCUT2D eigenvalue weighted by atomic mass is 32.9. The molecule has 0 aliphatic rings. The van der Waals surface area contributed by atoms with Crippen LogP contribution in [0.25, 0.3) is 0 Å². The fourth-order valence-electron chi connectivity index (χ4n) is 0.0907. The summed E-state index contributed by atoms with van der Waals surface area (Å²) >= 11 is 0. The maximum atomic E-state index is 10.2. The molecule has 0 saturated heterocycles. The Morgan fingerprint density at radius 2 is 1.80 bits per heavy atom. The molecule has 0 bridgehead atoms. The summed E-state index contributed by atoms with van der Waals surface area (Å²) in [6.07, 6.45) is 0. The summed E-state index contributed by atoms with van der Waals surface area (Å²) in [4.78, 5) is 0. The van der Waals surface area contributed by atoms with Crippen LogP contribution >= 0.6 is 0 Å². The zero-order chi connectivity index (χ0) is 8.20. The van der Waals surface area contributed by atoms with Crippen molar-refractivity contribution >= 4 is 18.3 Å². The maximum absolute atomic E-state index is 10.2. The lowest BCUT2D eigenvalue weighted by atomic mass is 14.6. The second-order valence-electron chi connectivity index (χ2n) is 0.816. The predicted molar refractivity (Wildman–Crippen MR) is 20.3 cm³/mol. The first-order chi connectivity index (χ1) is 4.56. The monoisotopic (exact) mass is 192 g/mol. The maximum Gasteiger partial charge on any atom is 0.336 e. The van der Waals surface area contributed by atoms with Gasteiger partial charge in [-0.15, -0.1) is 4.33 Å². The third-order valence-electron chi connectivity index (χ3n) is 0.361. The van der Waals surface area contributed by atoms with Gasteiger partial charge in [-0.2, -0.15) is 12.6 Å². The molecule has 0 aromatic heterocycles. The topological polar surface area (TPSA) is 125 Å². The van der Waals surface area contributed by atoms with Crippen LogP contribution in [0.15, 0.2) is 0 Å². The Morgan fingerprint density at radius 3 is 1.90 bits per heavy atom. The molecule has 1 atom stereocenters. The normalized spacial score (nSPS) is 16.2. The van der Waals surface area contributed by atoms with E-state index < -0.39 is 18.3 Å². The fourth-order valence-corrected chi connectivity index (χ4v) is 0.612. The highest BCUT2D eigenvalue weighted by molar-refractivity contribution is 8.32. The van der Waals surface area contributed by atoms with Crippen molar-refractivity contribution in [2.45, 2.75) is 0 Å². The fraction of sp³-hybridized carbons (Fsp3) is 0. The minimum atomic E-state index is -4.67. The summed E-state index contributed by atoms with van der Waals surface area (Å²) in [7, 11) is -8.14. The van der Waals surface area contributed by atoms with Gasteiger partial charge in [0.2, 0.25) is 0 Å². The molecule has 0 N–H and O–H groups in total. The molecule has 0 aromatic carbocycles. The van der Waals surface area contributed by atoms with Gasteiger partial charge in [0.15, 0.2) is 0 Å². The van der Waals surface area contributed by atoms with E-state index in [9.17, 15) is 17.9 Å². The standard InChI is InChI=1S/H2O8S2/c1-6-8-10(5,7-2)9(3)4/h1-2H/p-2. The molecule has 1 unspecified atom stereocenters. The molecule has 10 heavy (non-hydrogen) atoms. The lowest BCUT2D eigenvalue weighted by Gasteiger charge is -2.09. The lowest BCUT2D eigenvalue weighted by molar-refractivity contribution is -0.781. The van der Waals surface area contributed by atoms with E-state index in [1.807, 2.05) is 0 Å². The van der Waals surface area contributed by atoms with Crippen molar-refractivity contribution in [3.05, 3.63) is 0 Å². The molecule has 0 heterocycles. The summed E-state index contributed by atoms with van der Waals surface area (Å²) in [6.45, 7) is 0. The average molecular weight is 192 g/mol. The number of hydrogen-bond donors (Lipinski definition) is 0. The van der Waals surface area contributed by atoms with Gasteiger partial charge in [-0.3, -0.25) is 5.04 Å². The van der Waals surface area contributed by atoms with Gasteiger partial charge in [0.05, 0.1) is 0 Å². The Morgan fingerprint density at radius 1 is 1.30 bits per heavy atom. The van der Waals surface area contributed by atoms with Crippen LogP contribution in [0.3, 0.4) is 0 Å². The Kier molecular flexibility index (Phi) is 3.73. The minimum Gasteiger partial charge on any atom is -0.707 e. The molecule has 0 aromatic rings. The third kappa shape index (κ3) is 2.18. The van der Waals surface area contributed by atoms with Crippen LogP contribution in [0.2, 0.25) is 0 Å². The Labute approximate surface area is 56.0 Å². The van der Waals surface area contributed by atoms with Crippen molar-refractivity contribution < 1.29 is 36.8 Å². The molecule has 62 valence electrons. The SMILES string of the molecule is O=S(=O)=S(=O)(O[O-])OO[O-]. The Balaban J connectivity index is 4.99. The summed E-state index contributed by atoms with van der Waals surface area (Å²) in [5.41, 5.74) is 0. The average Bonchev–Trinajstić information content (AvgIpc) is 1.88. The summed E-state index contributed by atoms with van der Waals surface area (Å²) in [6, 6.07) is 0. The molecule has 0 aliphatic carbocycles. The first kappa shape index (κ1) is 9.77. The van der Waals surface area contributed by atoms with Crippen molar-refractivity contribution in [1.29, 1.82) is 0 Å². The molecule has 0 radical (unpaired) electrons. The first-order valence-corrected chi connectivity index (χ1v) is 4.50. The molecule has 0 fully saturated rings. The Hall–Kier alpha value is -0.230. The van der Waals surface area contributed by atoms with Gasteiger partial charge in [-0.1, -0.05) is 0 Å². The zero-order valence-corrected chi connectivity index (χ0v) is 5.72. The minimum absolute atomic E-state index is 2.42. The van der Waals surface area contributed by atoms with Gasteiger partial charge in [0.1, 0.15) is 0 Å². The van der Waals surface area contributed by atoms with Gasteiger partial charge >= 0.3 is 18.3 Å². The van der Waals surface area contributed by atoms with Crippen molar-refractivity contribution in [2.24, 2.45) is 0 Å². The quantitative estimate of drug-likeness (QED) is 0.331. The van der Waals surface area contributed by atoms with Gasteiger partial charge in [0.25, 0.3) is 0 Å². The molecular weight excluding hydrogens is 192 g/mol. The lowest BCUT2D eigenvalue weighted by Crippen LogP contribution is -2.21. The highest BCUT2D eigenvalue weighted by Gasteiger charge is 2.05. The van der Waals surface area contributed by atoms with E-state index in [0.717, 1.165) is 0 Å². The summed E-state index contributed by atoms with van der Waals surface area (Å²) in [5, 5.41) is 20.7. The first-order valence-electron chi connectivity index (χ1n) is 1.50. The molecule has 0 rings (SSSR count). The molecule has 0 spiro atoms. The van der Waals surface area contributed by atoms with E-state index in [1.165, 1.54) is 0 Å². The number of rotatable bonds is 3. The second kappa shape index (κ2) is 3.82. The van der Waals surface area contributed by atoms with Crippen LogP contribution in [0, 0.1) is 0 Å². The molecule has 0 aliphatic heterocycles. The van der Waals surface area contributed by atoms with Crippen LogP contribution in [0.1, 0.15) is 0 Å². The third-order valence-corrected chi connectivity index (χ3v) is 2.42. The van der Waals surface area contributed by atoms with Crippen LogP contribution in [-0.4, -0.2) is 12.6 Å². The summed E-state index contributed by atoms with van der Waals surface area (Å²) in [5.74, 6) is 0. The van der Waals surface area contributed by atoms with Gasteiger partial charge in [-0.25, -0.2) is 0 Å². The van der Waals surface area contributed by atoms with E-state index in [2.05, 4.69) is 13.7 Å². The van der Waals surface area contributed by atoms with Crippen LogP contribution in [-0.2, 0) is 32.0 Å². The van der Waals surface area contributed by atoms with Gasteiger partial charge in [0, 0.05) is 0 Å². The van der Waals surface area contributed by atoms with Crippen LogP contribution in [0.4, 0.5) is 0 Å². The molecule has 0 amide bonds. The number of hydrogen-bond acceptors (Lipinski definition) is 8. The van der Waals surface area contributed by atoms with E-state index in [0.29, 0.717) is 0 Å². The van der Waals surface area contributed by atoms with E-state index >= 15 is 0 Å². The molecule has 8 nitrogen and oxygen atoms in total. The van der Waals surface area contributed by atoms with Crippen molar-refractivity contribution in [3.63, 3.8) is 0 Å². The van der Waals surface area contributed by atoms with Gasteiger partial charge in [-0.05, 0) is 0 Å². The smallest absolute Gasteiger partial charge is 0.336 e. The van der Waals surface area contributed by atoms with E-state index in [-0.39, 0.29) is 0 Å². The van der Waals surface area contributed by atoms with Crippen LogP contribution < -0.4 is 10.5 Å². The van der Waals surface area contributed by atoms with Crippen LogP contribution in [0.5, 0.6) is 0 Å². The summed E-state index contributed by atoms with van der Waals surface area (Å²) < 4.78 is 35.1. The van der Waals surface area contributed by atoms with Gasteiger partial charge < -0.3 is 14.8 Å². The zero-order valence-electron chi connectivity index (χ0n) is 4.08. The van der Waals surface area contributed by atoms with Crippen molar-refractivity contribution in [3.8, 4) is 0 Å².